The minimum Gasteiger partial charge on any atom is -0.478 e. The van der Waals surface area contributed by atoms with E-state index < -0.39 is 29.2 Å². The monoisotopic (exact) mass is 272 g/mol. The molecule has 5 nitrogen and oxygen atoms in total. The standard InChI is InChI=1S/C12H14F2N2O3/c1-3-4-16(2)12(19)15-10-5-7(11(17)18)8(13)6-9(10)14/h5-6H,3-4H2,1-2H3,(H,15,19)(H,17,18). The summed E-state index contributed by atoms with van der Waals surface area (Å²) < 4.78 is 26.6. The van der Waals surface area contributed by atoms with Crippen LogP contribution in [0.1, 0.15) is 23.7 Å². The van der Waals surface area contributed by atoms with Gasteiger partial charge in [0.1, 0.15) is 11.6 Å². The number of hydrogen-bond donors (Lipinski definition) is 2. The summed E-state index contributed by atoms with van der Waals surface area (Å²) >= 11 is 0. The molecule has 0 saturated heterocycles. The normalized spacial score (nSPS) is 10.1. The van der Waals surface area contributed by atoms with E-state index in [1.807, 2.05) is 6.92 Å². The number of carboxylic acid groups (broad SMARTS) is 1. The lowest BCUT2D eigenvalue weighted by Crippen LogP contribution is -2.32. The highest BCUT2D eigenvalue weighted by Gasteiger charge is 2.17. The zero-order chi connectivity index (χ0) is 14.6. The number of carboxylic acids is 1. The van der Waals surface area contributed by atoms with Crippen LogP contribution >= 0.6 is 0 Å². The third-order valence-corrected chi connectivity index (χ3v) is 2.43. The van der Waals surface area contributed by atoms with Crippen molar-refractivity contribution < 1.29 is 23.5 Å². The Hall–Kier alpha value is -2.18. The zero-order valence-corrected chi connectivity index (χ0v) is 10.5. The lowest BCUT2D eigenvalue weighted by molar-refractivity contribution is 0.0692. The van der Waals surface area contributed by atoms with Crippen LogP contribution in [0.15, 0.2) is 12.1 Å². The number of benzene rings is 1. The van der Waals surface area contributed by atoms with Gasteiger partial charge in [0.15, 0.2) is 0 Å². The van der Waals surface area contributed by atoms with Crippen LogP contribution in [0.3, 0.4) is 0 Å². The molecule has 0 heterocycles. The first-order valence-corrected chi connectivity index (χ1v) is 5.61. The first-order chi connectivity index (χ1) is 8.86. The van der Waals surface area contributed by atoms with Gasteiger partial charge in [0, 0.05) is 19.7 Å². The Morgan fingerprint density at radius 1 is 1.32 bits per heavy atom. The smallest absolute Gasteiger partial charge is 0.338 e. The number of anilines is 1. The van der Waals surface area contributed by atoms with Crippen molar-refractivity contribution >= 4 is 17.7 Å². The fraction of sp³-hybridized carbons (Fsp3) is 0.333. The summed E-state index contributed by atoms with van der Waals surface area (Å²) in [6, 6.07) is 0.590. The first kappa shape index (κ1) is 14.9. The van der Waals surface area contributed by atoms with Crippen LogP contribution < -0.4 is 5.32 Å². The average molecular weight is 272 g/mol. The Morgan fingerprint density at radius 2 is 1.95 bits per heavy atom. The molecule has 1 rings (SSSR count). The molecule has 0 aliphatic heterocycles. The Kier molecular flexibility index (Phi) is 4.80. The number of amides is 2. The van der Waals surface area contributed by atoms with Crippen LogP contribution in [0.25, 0.3) is 0 Å². The highest BCUT2D eigenvalue weighted by Crippen LogP contribution is 2.20. The van der Waals surface area contributed by atoms with Gasteiger partial charge in [-0.3, -0.25) is 0 Å². The summed E-state index contributed by atoms with van der Waals surface area (Å²) in [7, 11) is 1.51. The molecule has 0 saturated carbocycles. The van der Waals surface area contributed by atoms with Crippen molar-refractivity contribution in [1.29, 1.82) is 0 Å². The summed E-state index contributed by atoms with van der Waals surface area (Å²) in [6.07, 6.45) is 0.718. The number of halogens is 2. The fourth-order valence-electron chi connectivity index (χ4n) is 1.46. The van der Waals surface area contributed by atoms with Crippen LogP contribution in [-0.4, -0.2) is 35.6 Å². The Bertz CT molecular complexity index is 506. The molecular weight excluding hydrogens is 258 g/mol. The molecule has 19 heavy (non-hydrogen) atoms. The maximum absolute atomic E-state index is 13.4. The quantitative estimate of drug-likeness (QED) is 0.884. The number of rotatable bonds is 4. The third kappa shape index (κ3) is 3.64. The topological polar surface area (TPSA) is 69.6 Å². The van der Waals surface area contributed by atoms with E-state index in [-0.39, 0.29) is 5.69 Å². The van der Waals surface area contributed by atoms with Crippen LogP contribution in [-0.2, 0) is 0 Å². The Labute approximate surface area is 108 Å². The van der Waals surface area contributed by atoms with Gasteiger partial charge in [-0.25, -0.2) is 18.4 Å². The zero-order valence-electron chi connectivity index (χ0n) is 10.5. The van der Waals surface area contributed by atoms with Gasteiger partial charge >= 0.3 is 12.0 Å². The van der Waals surface area contributed by atoms with E-state index in [9.17, 15) is 18.4 Å². The van der Waals surface area contributed by atoms with E-state index in [1.54, 1.807) is 0 Å². The molecule has 0 aliphatic rings. The molecular formula is C12H14F2N2O3. The number of nitrogens with one attached hydrogen (secondary N) is 1. The molecule has 2 N–H and O–H groups in total. The third-order valence-electron chi connectivity index (χ3n) is 2.43. The number of aromatic carboxylic acids is 1. The van der Waals surface area contributed by atoms with Crippen molar-refractivity contribution in [1.82, 2.24) is 4.90 Å². The van der Waals surface area contributed by atoms with Crippen LogP contribution in [0.5, 0.6) is 0 Å². The first-order valence-electron chi connectivity index (χ1n) is 5.61. The van der Waals surface area contributed by atoms with E-state index in [4.69, 9.17) is 5.11 Å². The largest absolute Gasteiger partial charge is 0.478 e. The Balaban J connectivity index is 2.98. The lowest BCUT2D eigenvalue weighted by atomic mass is 10.2. The predicted octanol–water partition coefficient (Wildman–Crippen LogP) is 2.54. The molecule has 0 aromatic heterocycles. The van der Waals surface area contributed by atoms with Crippen molar-refractivity contribution in [3.05, 3.63) is 29.3 Å². The highest BCUT2D eigenvalue weighted by atomic mass is 19.1. The van der Waals surface area contributed by atoms with Gasteiger partial charge in [0.25, 0.3) is 0 Å². The molecule has 104 valence electrons. The van der Waals surface area contributed by atoms with Crippen LogP contribution in [0, 0.1) is 11.6 Å². The van der Waals surface area contributed by atoms with Crippen molar-refractivity contribution in [3.63, 3.8) is 0 Å². The van der Waals surface area contributed by atoms with Crippen molar-refractivity contribution in [2.45, 2.75) is 13.3 Å². The molecule has 2 amide bonds. The summed E-state index contributed by atoms with van der Waals surface area (Å²) in [5.41, 5.74) is -1.07. The van der Waals surface area contributed by atoms with Gasteiger partial charge in [-0.1, -0.05) is 6.92 Å². The second kappa shape index (κ2) is 6.12. The molecule has 1 aromatic carbocycles. The molecule has 0 fully saturated rings. The van der Waals surface area contributed by atoms with Gasteiger partial charge in [0.2, 0.25) is 0 Å². The van der Waals surface area contributed by atoms with E-state index in [0.29, 0.717) is 12.6 Å². The molecule has 7 heteroatoms. The van der Waals surface area contributed by atoms with Crippen molar-refractivity contribution in [2.75, 3.05) is 18.9 Å². The minimum atomic E-state index is -1.53. The number of carbonyl (C=O) groups excluding carboxylic acids is 1. The van der Waals surface area contributed by atoms with Gasteiger partial charge in [0.05, 0.1) is 11.3 Å². The second-order valence-corrected chi connectivity index (χ2v) is 3.97. The van der Waals surface area contributed by atoms with Gasteiger partial charge in [-0.2, -0.15) is 0 Å². The molecule has 1 aromatic rings. The van der Waals surface area contributed by atoms with E-state index in [1.165, 1.54) is 11.9 Å². The minimum absolute atomic E-state index is 0.369. The van der Waals surface area contributed by atoms with Crippen LogP contribution in [0.4, 0.5) is 19.3 Å². The second-order valence-electron chi connectivity index (χ2n) is 3.97. The van der Waals surface area contributed by atoms with Crippen molar-refractivity contribution in [3.8, 4) is 0 Å². The van der Waals surface area contributed by atoms with Gasteiger partial charge in [-0.05, 0) is 12.5 Å². The molecule has 0 aliphatic carbocycles. The summed E-state index contributed by atoms with van der Waals surface area (Å²) in [4.78, 5) is 23.7. The molecule has 0 atom stereocenters. The van der Waals surface area contributed by atoms with Gasteiger partial charge in [-0.15, -0.1) is 0 Å². The number of hydrogen-bond acceptors (Lipinski definition) is 2. The maximum atomic E-state index is 13.4. The molecule has 0 radical (unpaired) electrons. The Morgan fingerprint density at radius 3 is 2.47 bits per heavy atom. The number of urea groups is 1. The van der Waals surface area contributed by atoms with Crippen LogP contribution in [0.2, 0.25) is 0 Å². The molecule has 0 spiro atoms. The highest BCUT2D eigenvalue weighted by molar-refractivity contribution is 5.93. The summed E-state index contributed by atoms with van der Waals surface area (Å²) in [5, 5.41) is 10.9. The maximum Gasteiger partial charge on any atom is 0.338 e. The fourth-order valence-corrected chi connectivity index (χ4v) is 1.46. The number of carbonyl (C=O) groups is 2. The van der Waals surface area contributed by atoms with E-state index in [0.717, 1.165) is 12.5 Å². The van der Waals surface area contributed by atoms with E-state index >= 15 is 0 Å². The summed E-state index contributed by atoms with van der Waals surface area (Å²) in [6.45, 7) is 2.32. The van der Waals surface area contributed by atoms with E-state index in [2.05, 4.69) is 5.32 Å². The summed E-state index contributed by atoms with van der Waals surface area (Å²) in [5.74, 6) is -3.75. The predicted molar refractivity (Wildman–Crippen MR) is 65.3 cm³/mol. The number of nitrogens with zero attached hydrogens (tertiary/aromatic N) is 1. The molecule has 0 unspecified atom stereocenters. The molecule has 0 bridgehead atoms. The SMILES string of the molecule is CCCN(C)C(=O)Nc1cc(C(=O)O)c(F)cc1F. The average Bonchev–Trinajstić information content (AvgIpc) is 2.32. The van der Waals surface area contributed by atoms with Gasteiger partial charge < -0.3 is 15.3 Å². The lowest BCUT2D eigenvalue weighted by Gasteiger charge is -2.17. The van der Waals surface area contributed by atoms with Crippen molar-refractivity contribution in [2.24, 2.45) is 0 Å².